The lowest BCUT2D eigenvalue weighted by atomic mass is 10.3. The van der Waals surface area contributed by atoms with E-state index in [-0.39, 0.29) is 17.9 Å². The second kappa shape index (κ2) is 4.72. The predicted octanol–water partition coefficient (Wildman–Crippen LogP) is 1.52. The molecule has 1 saturated heterocycles. The van der Waals surface area contributed by atoms with Gasteiger partial charge >= 0.3 is 6.01 Å². The minimum atomic E-state index is -0.00567. The maximum absolute atomic E-state index is 11.9. The van der Waals surface area contributed by atoms with Gasteiger partial charge in [-0.05, 0) is 12.8 Å². The first-order chi connectivity index (χ1) is 8.72. The Labute approximate surface area is 110 Å². The summed E-state index contributed by atoms with van der Waals surface area (Å²) < 4.78 is 5.64. The molecule has 2 fully saturated rings. The molecule has 1 aromatic rings. The van der Waals surface area contributed by atoms with Crippen molar-refractivity contribution < 1.29 is 9.53 Å². The Morgan fingerprint density at radius 1 is 1.33 bits per heavy atom. The maximum atomic E-state index is 11.9. The standard InChI is InChI=1S/C12H14ClN3O2/c13-9-5-14-12(15-6-9)18-10-3-4-16(7-10)11(17)8-1-2-8/h5-6,8,10H,1-4,7H2/t10-/m1/s1. The van der Waals surface area contributed by atoms with Crippen LogP contribution in [0, 0.1) is 5.92 Å². The first-order valence-electron chi connectivity index (χ1n) is 6.15. The Morgan fingerprint density at radius 2 is 2.06 bits per heavy atom. The molecule has 0 spiro atoms. The number of nitrogens with zero attached hydrogens (tertiary/aromatic N) is 3. The molecule has 6 heteroatoms. The van der Waals surface area contributed by atoms with Gasteiger partial charge in [-0.25, -0.2) is 9.97 Å². The van der Waals surface area contributed by atoms with E-state index in [9.17, 15) is 4.79 Å². The summed E-state index contributed by atoms with van der Waals surface area (Å²) in [6, 6.07) is 0.324. The van der Waals surface area contributed by atoms with E-state index in [0.29, 0.717) is 17.6 Å². The van der Waals surface area contributed by atoms with Gasteiger partial charge in [0, 0.05) is 18.9 Å². The van der Waals surface area contributed by atoms with E-state index in [4.69, 9.17) is 16.3 Å². The van der Waals surface area contributed by atoms with Crippen molar-refractivity contribution in [2.24, 2.45) is 5.92 Å². The monoisotopic (exact) mass is 267 g/mol. The zero-order chi connectivity index (χ0) is 12.5. The summed E-state index contributed by atoms with van der Waals surface area (Å²) in [7, 11) is 0. The molecule has 0 radical (unpaired) electrons. The molecule has 1 aliphatic heterocycles. The molecule has 1 saturated carbocycles. The Bertz CT molecular complexity index is 447. The molecule has 0 N–H and O–H groups in total. The van der Waals surface area contributed by atoms with E-state index in [1.807, 2.05) is 4.90 Å². The summed E-state index contributed by atoms with van der Waals surface area (Å²) in [5.74, 6) is 0.550. The van der Waals surface area contributed by atoms with E-state index >= 15 is 0 Å². The highest BCUT2D eigenvalue weighted by Gasteiger charge is 2.37. The van der Waals surface area contributed by atoms with Crippen molar-refractivity contribution in [2.75, 3.05) is 13.1 Å². The second-order valence-corrected chi connectivity index (χ2v) is 5.21. The van der Waals surface area contributed by atoms with Crippen molar-refractivity contribution in [3.05, 3.63) is 17.4 Å². The first-order valence-corrected chi connectivity index (χ1v) is 6.53. The van der Waals surface area contributed by atoms with Crippen molar-refractivity contribution in [1.82, 2.24) is 14.9 Å². The number of likely N-dealkylation sites (tertiary alicyclic amines) is 1. The molecule has 1 atom stereocenters. The highest BCUT2D eigenvalue weighted by molar-refractivity contribution is 6.30. The number of amides is 1. The lowest BCUT2D eigenvalue weighted by Crippen LogP contribution is -2.32. The van der Waals surface area contributed by atoms with E-state index in [0.717, 1.165) is 25.8 Å². The van der Waals surface area contributed by atoms with Gasteiger partial charge in [-0.15, -0.1) is 0 Å². The van der Waals surface area contributed by atoms with Gasteiger partial charge in [-0.3, -0.25) is 4.79 Å². The van der Waals surface area contributed by atoms with Gasteiger partial charge in [0.2, 0.25) is 5.91 Å². The molecular weight excluding hydrogens is 254 g/mol. The normalized spacial score (nSPS) is 23.2. The number of aromatic nitrogens is 2. The van der Waals surface area contributed by atoms with E-state index in [1.165, 1.54) is 12.4 Å². The minimum Gasteiger partial charge on any atom is -0.458 e. The fourth-order valence-electron chi connectivity index (χ4n) is 2.12. The fourth-order valence-corrected chi connectivity index (χ4v) is 2.22. The van der Waals surface area contributed by atoms with E-state index in [2.05, 4.69) is 9.97 Å². The quantitative estimate of drug-likeness (QED) is 0.833. The molecule has 0 aromatic carbocycles. The average Bonchev–Trinajstić information content (AvgIpc) is 3.12. The smallest absolute Gasteiger partial charge is 0.316 e. The van der Waals surface area contributed by atoms with Crippen LogP contribution >= 0.6 is 11.6 Å². The zero-order valence-electron chi connectivity index (χ0n) is 9.88. The van der Waals surface area contributed by atoms with E-state index in [1.54, 1.807) is 0 Å². The number of carbonyl (C=O) groups excluding carboxylic acids is 1. The Balaban J connectivity index is 1.55. The van der Waals surface area contributed by atoms with Crippen LogP contribution in [0.3, 0.4) is 0 Å². The van der Waals surface area contributed by atoms with Crippen molar-refractivity contribution in [3.63, 3.8) is 0 Å². The fraction of sp³-hybridized carbons (Fsp3) is 0.583. The van der Waals surface area contributed by atoms with Gasteiger partial charge in [0.1, 0.15) is 6.10 Å². The van der Waals surface area contributed by atoms with Crippen molar-refractivity contribution in [3.8, 4) is 6.01 Å². The van der Waals surface area contributed by atoms with Crippen LogP contribution in [-0.4, -0.2) is 40.0 Å². The number of carbonyl (C=O) groups is 1. The summed E-state index contributed by atoms with van der Waals surface area (Å²) in [5.41, 5.74) is 0. The van der Waals surface area contributed by atoms with Crippen LogP contribution in [0.4, 0.5) is 0 Å². The molecule has 5 nitrogen and oxygen atoms in total. The van der Waals surface area contributed by atoms with Gasteiger partial charge in [-0.2, -0.15) is 0 Å². The van der Waals surface area contributed by atoms with Crippen LogP contribution in [0.2, 0.25) is 5.02 Å². The average molecular weight is 268 g/mol. The summed E-state index contributed by atoms with van der Waals surface area (Å²) >= 11 is 5.70. The molecule has 1 amide bonds. The summed E-state index contributed by atoms with van der Waals surface area (Å²) in [6.45, 7) is 1.41. The highest BCUT2D eigenvalue weighted by Crippen LogP contribution is 2.32. The van der Waals surface area contributed by atoms with Crippen molar-refractivity contribution >= 4 is 17.5 Å². The van der Waals surface area contributed by atoms with Crippen LogP contribution in [0.5, 0.6) is 6.01 Å². The Hall–Kier alpha value is -1.36. The molecule has 96 valence electrons. The van der Waals surface area contributed by atoms with Crippen molar-refractivity contribution in [2.45, 2.75) is 25.4 Å². The molecular formula is C12H14ClN3O2. The third-order valence-electron chi connectivity index (χ3n) is 3.25. The van der Waals surface area contributed by atoms with Gasteiger partial charge < -0.3 is 9.64 Å². The molecule has 3 rings (SSSR count). The Morgan fingerprint density at radius 3 is 2.72 bits per heavy atom. The summed E-state index contributed by atoms with van der Waals surface area (Å²) in [4.78, 5) is 21.7. The minimum absolute atomic E-state index is 0.00567. The van der Waals surface area contributed by atoms with Gasteiger partial charge in [-0.1, -0.05) is 11.6 Å². The van der Waals surface area contributed by atoms with Crippen LogP contribution in [0.15, 0.2) is 12.4 Å². The van der Waals surface area contributed by atoms with Crippen LogP contribution in [0.1, 0.15) is 19.3 Å². The highest BCUT2D eigenvalue weighted by atomic mass is 35.5. The molecule has 0 bridgehead atoms. The van der Waals surface area contributed by atoms with Crippen LogP contribution < -0.4 is 4.74 Å². The van der Waals surface area contributed by atoms with Gasteiger partial charge in [0.05, 0.1) is 24.0 Å². The SMILES string of the molecule is O=C(C1CC1)N1CC[C@@H](Oc2ncc(Cl)cn2)C1. The van der Waals surface area contributed by atoms with Crippen LogP contribution in [0.25, 0.3) is 0 Å². The lowest BCUT2D eigenvalue weighted by molar-refractivity contribution is -0.131. The van der Waals surface area contributed by atoms with Crippen LogP contribution in [-0.2, 0) is 4.79 Å². The number of halogens is 1. The summed E-state index contributed by atoms with van der Waals surface area (Å²) in [6.07, 6.45) is 5.93. The molecule has 1 aliphatic carbocycles. The number of hydrogen-bond acceptors (Lipinski definition) is 4. The molecule has 2 aliphatic rings. The number of hydrogen-bond donors (Lipinski definition) is 0. The Kier molecular flexibility index (Phi) is 3.07. The zero-order valence-corrected chi connectivity index (χ0v) is 10.6. The molecule has 0 unspecified atom stereocenters. The third-order valence-corrected chi connectivity index (χ3v) is 3.45. The van der Waals surface area contributed by atoms with E-state index < -0.39 is 0 Å². The van der Waals surface area contributed by atoms with Gasteiger partial charge in [0.15, 0.2) is 0 Å². The summed E-state index contributed by atoms with van der Waals surface area (Å²) in [5, 5.41) is 0.485. The number of ether oxygens (including phenoxy) is 1. The first kappa shape index (κ1) is 11.7. The lowest BCUT2D eigenvalue weighted by Gasteiger charge is -2.16. The molecule has 1 aromatic heterocycles. The van der Waals surface area contributed by atoms with Gasteiger partial charge in [0.25, 0.3) is 0 Å². The molecule has 2 heterocycles. The topological polar surface area (TPSA) is 55.3 Å². The predicted molar refractivity (Wildman–Crippen MR) is 65.4 cm³/mol. The largest absolute Gasteiger partial charge is 0.458 e. The maximum Gasteiger partial charge on any atom is 0.316 e. The molecule has 18 heavy (non-hydrogen) atoms. The third kappa shape index (κ3) is 2.56. The second-order valence-electron chi connectivity index (χ2n) is 4.77. The number of rotatable bonds is 3. The van der Waals surface area contributed by atoms with Crippen molar-refractivity contribution in [1.29, 1.82) is 0 Å².